The Morgan fingerprint density at radius 1 is 1.17 bits per heavy atom. The number of carbonyl (C=O) groups is 2. The molecule has 0 unspecified atom stereocenters. The van der Waals surface area contributed by atoms with Gasteiger partial charge < -0.3 is 0 Å². The van der Waals surface area contributed by atoms with Crippen molar-refractivity contribution in [2.45, 2.75) is 34.2 Å². The first-order valence-corrected chi connectivity index (χ1v) is 10.1. The Morgan fingerprint density at radius 2 is 1.88 bits per heavy atom. The Labute approximate surface area is 153 Å². The summed E-state index contributed by atoms with van der Waals surface area (Å²) in [5.41, 5.74) is 5.33. The molecule has 2 rings (SSSR count). The van der Waals surface area contributed by atoms with Gasteiger partial charge in [0, 0.05) is 11.3 Å². The van der Waals surface area contributed by atoms with Gasteiger partial charge in [0.05, 0.1) is 5.25 Å². The molecule has 24 heavy (non-hydrogen) atoms. The lowest BCUT2D eigenvalue weighted by atomic mass is 10.2. The highest BCUT2D eigenvalue weighted by Crippen LogP contribution is 2.31. The summed E-state index contributed by atoms with van der Waals surface area (Å²) < 4.78 is 1.65. The van der Waals surface area contributed by atoms with Crippen LogP contribution >= 0.6 is 34.9 Å². The largest absolute Gasteiger partial charge is 0.272 e. The van der Waals surface area contributed by atoms with Gasteiger partial charge in [-0.05, 0) is 25.5 Å². The molecule has 0 aliphatic carbocycles. The molecule has 6 nitrogen and oxygen atoms in total. The van der Waals surface area contributed by atoms with E-state index in [1.165, 1.54) is 23.1 Å². The summed E-state index contributed by atoms with van der Waals surface area (Å²) in [6.07, 6.45) is 1.08. The monoisotopic (exact) mass is 382 g/mol. The van der Waals surface area contributed by atoms with Crippen LogP contribution < -0.4 is 10.9 Å². The zero-order valence-electron chi connectivity index (χ0n) is 13.3. The quantitative estimate of drug-likeness (QED) is 0.566. The van der Waals surface area contributed by atoms with E-state index in [0.29, 0.717) is 5.56 Å². The van der Waals surface area contributed by atoms with Crippen LogP contribution in [-0.4, -0.2) is 33.0 Å². The molecule has 1 aromatic heterocycles. The predicted octanol–water partition coefficient (Wildman–Crippen LogP) is 2.98. The van der Waals surface area contributed by atoms with Crippen molar-refractivity contribution in [1.82, 2.24) is 21.0 Å². The Morgan fingerprint density at radius 3 is 2.58 bits per heavy atom. The van der Waals surface area contributed by atoms with Crippen molar-refractivity contribution in [3.05, 3.63) is 35.9 Å². The maximum Gasteiger partial charge on any atom is 0.269 e. The van der Waals surface area contributed by atoms with Gasteiger partial charge >= 0.3 is 0 Å². The molecule has 1 aromatic carbocycles. The number of rotatable bonds is 7. The highest BCUT2D eigenvalue weighted by molar-refractivity contribution is 8.03. The summed E-state index contributed by atoms with van der Waals surface area (Å²) >= 11 is 4.46. The number of hydrazine groups is 1. The smallest absolute Gasteiger partial charge is 0.269 e. The zero-order chi connectivity index (χ0) is 17.4. The van der Waals surface area contributed by atoms with Crippen LogP contribution in [0.1, 0.15) is 30.6 Å². The summed E-state index contributed by atoms with van der Waals surface area (Å²) in [5.74, 6) is 0.360. The standard InChI is InChI=1S/C15H18N4O2S3/c1-3-9-22-14-18-19-15(24-14)23-10(2)12(20)16-17-13(21)11-7-5-4-6-8-11/h4-8,10H,3,9H2,1-2H3,(H,16,20)(H,17,21)/t10-/m0/s1. The molecular weight excluding hydrogens is 364 g/mol. The van der Waals surface area contributed by atoms with Crippen molar-refractivity contribution in [1.29, 1.82) is 0 Å². The van der Waals surface area contributed by atoms with Crippen LogP contribution in [0.4, 0.5) is 0 Å². The molecule has 128 valence electrons. The Kier molecular flexibility index (Phi) is 7.54. The molecule has 2 N–H and O–H groups in total. The molecule has 0 radical (unpaired) electrons. The van der Waals surface area contributed by atoms with Gasteiger partial charge in [0.25, 0.3) is 11.8 Å². The molecule has 0 fully saturated rings. The van der Waals surface area contributed by atoms with Gasteiger partial charge in [0.1, 0.15) is 0 Å². The minimum Gasteiger partial charge on any atom is -0.272 e. The second kappa shape index (κ2) is 9.65. The fraction of sp³-hybridized carbons (Fsp3) is 0.333. The normalized spacial score (nSPS) is 11.8. The van der Waals surface area contributed by atoms with Crippen LogP contribution in [0, 0.1) is 0 Å². The van der Waals surface area contributed by atoms with E-state index in [2.05, 4.69) is 28.0 Å². The Bertz CT molecular complexity index is 678. The van der Waals surface area contributed by atoms with E-state index >= 15 is 0 Å². The van der Waals surface area contributed by atoms with Crippen LogP contribution in [-0.2, 0) is 4.79 Å². The molecule has 2 amide bonds. The lowest BCUT2D eigenvalue weighted by Gasteiger charge is -2.11. The van der Waals surface area contributed by atoms with Crippen LogP contribution in [0.2, 0.25) is 0 Å². The van der Waals surface area contributed by atoms with Gasteiger partial charge in [-0.25, -0.2) is 0 Å². The second-order valence-corrected chi connectivity index (χ2v) is 8.66. The SMILES string of the molecule is CCCSc1nnc(S[C@@H](C)C(=O)NNC(=O)c2ccccc2)s1. The molecule has 0 saturated carbocycles. The highest BCUT2D eigenvalue weighted by Gasteiger charge is 2.18. The van der Waals surface area contributed by atoms with Crippen LogP contribution in [0.3, 0.4) is 0 Å². The van der Waals surface area contributed by atoms with Crippen molar-refractivity contribution in [2.75, 3.05) is 5.75 Å². The van der Waals surface area contributed by atoms with Gasteiger partial charge in [0.2, 0.25) is 0 Å². The van der Waals surface area contributed by atoms with E-state index in [1.807, 2.05) is 6.07 Å². The van der Waals surface area contributed by atoms with Crippen molar-refractivity contribution in [3.8, 4) is 0 Å². The van der Waals surface area contributed by atoms with E-state index in [1.54, 1.807) is 43.0 Å². The maximum atomic E-state index is 12.1. The average Bonchev–Trinajstić information content (AvgIpc) is 3.05. The molecule has 1 heterocycles. The van der Waals surface area contributed by atoms with E-state index in [4.69, 9.17) is 0 Å². The third-order valence-electron chi connectivity index (χ3n) is 2.80. The Balaban J connectivity index is 1.79. The molecule has 2 aromatic rings. The van der Waals surface area contributed by atoms with Crippen LogP contribution in [0.15, 0.2) is 39.0 Å². The number of aromatic nitrogens is 2. The molecule has 9 heteroatoms. The first kappa shape index (κ1) is 18.8. The lowest BCUT2D eigenvalue weighted by Crippen LogP contribution is -2.44. The molecule has 0 bridgehead atoms. The van der Waals surface area contributed by atoms with Crippen LogP contribution in [0.5, 0.6) is 0 Å². The molecule has 0 saturated heterocycles. The van der Waals surface area contributed by atoms with E-state index in [9.17, 15) is 9.59 Å². The fourth-order valence-corrected chi connectivity index (χ4v) is 4.67. The van der Waals surface area contributed by atoms with Gasteiger partial charge in [-0.2, -0.15) is 0 Å². The molecule has 0 spiro atoms. The summed E-state index contributed by atoms with van der Waals surface area (Å²) in [7, 11) is 0. The van der Waals surface area contributed by atoms with Crippen molar-refractivity contribution in [2.24, 2.45) is 0 Å². The number of carbonyl (C=O) groups excluding carboxylic acids is 2. The van der Waals surface area contributed by atoms with Crippen molar-refractivity contribution >= 4 is 46.7 Å². The molecule has 1 atom stereocenters. The van der Waals surface area contributed by atoms with Gasteiger partial charge in [-0.1, -0.05) is 60.0 Å². The summed E-state index contributed by atoms with van der Waals surface area (Å²) in [6.45, 7) is 3.87. The number of benzene rings is 1. The number of amides is 2. The minimum atomic E-state index is -0.391. The van der Waals surface area contributed by atoms with E-state index < -0.39 is 5.25 Å². The molecule has 0 aliphatic heterocycles. The average molecular weight is 383 g/mol. The highest BCUT2D eigenvalue weighted by atomic mass is 32.2. The Hall–Kier alpha value is -1.58. The lowest BCUT2D eigenvalue weighted by molar-refractivity contribution is -0.121. The van der Waals surface area contributed by atoms with Crippen LogP contribution in [0.25, 0.3) is 0 Å². The topological polar surface area (TPSA) is 84.0 Å². The number of hydrogen-bond donors (Lipinski definition) is 2. The van der Waals surface area contributed by atoms with Crippen molar-refractivity contribution < 1.29 is 9.59 Å². The van der Waals surface area contributed by atoms with E-state index in [0.717, 1.165) is 20.9 Å². The first-order chi connectivity index (χ1) is 11.6. The number of hydrogen-bond acceptors (Lipinski definition) is 7. The minimum absolute atomic E-state index is 0.290. The third kappa shape index (κ3) is 5.81. The fourth-order valence-electron chi connectivity index (χ4n) is 1.58. The van der Waals surface area contributed by atoms with Crippen molar-refractivity contribution in [3.63, 3.8) is 0 Å². The number of nitrogens with one attached hydrogen (secondary N) is 2. The van der Waals surface area contributed by atoms with E-state index in [-0.39, 0.29) is 11.8 Å². The second-order valence-electron chi connectivity index (χ2n) is 4.75. The molecule has 0 aliphatic rings. The van der Waals surface area contributed by atoms with Gasteiger partial charge in [-0.3, -0.25) is 20.4 Å². The number of thioether (sulfide) groups is 2. The van der Waals surface area contributed by atoms with Gasteiger partial charge in [0.15, 0.2) is 8.68 Å². The maximum absolute atomic E-state index is 12.1. The number of nitrogens with zero attached hydrogens (tertiary/aromatic N) is 2. The summed E-state index contributed by atoms with van der Waals surface area (Å²) in [6, 6.07) is 8.70. The summed E-state index contributed by atoms with van der Waals surface area (Å²) in [4.78, 5) is 23.9. The molecular formula is C15H18N4O2S3. The third-order valence-corrected chi connectivity index (χ3v) is 6.25. The summed E-state index contributed by atoms with van der Waals surface area (Å²) in [5, 5.41) is 7.78. The predicted molar refractivity (Wildman–Crippen MR) is 98.3 cm³/mol. The van der Waals surface area contributed by atoms with Gasteiger partial charge in [-0.15, -0.1) is 10.2 Å². The first-order valence-electron chi connectivity index (χ1n) is 7.38. The zero-order valence-corrected chi connectivity index (χ0v) is 15.8.